The molecular weight excluding hydrogens is 330 g/mol. The summed E-state index contributed by atoms with van der Waals surface area (Å²) in [7, 11) is 0. The van der Waals surface area contributed by atoms with Gasteiger partial charge in [-0.1, -0.05) is 48.5 Å². The number of nitrogens with one attached hydrogen (secondary N) is 2. The molecule has 3 heteroatoms. The van der Waals surface area contributed by atoms with Crippen molar-refractivity contribution in [3.8, 4) is 0 Å². The monoisotopic (exact) mass is 355 g/mol. The summed E-state index contributed by atoms with van der Waals surface area (Å²) in [6.07, 6.45) is 7.23. The molecule has 2 aromatic carbocycles. The van der Waals surface area contributed by atoms with Crippen LogP contribution in [0.4, 0.5) is 0 Å². The minimum Gasteiger partial charge on any atom is -0.348 e. The fourth-order valence-corrected chi connectivity index (χ4v) is 6.21. The van der Waals surface area contributed by atoms with Gasteiger partial charge in [-0.05, 0) is 60.5 Å². The predicted molar refractivity (Wildman–Crippen MR) is 107 cm³/mol. The Labute approximate surface area is 160 Å². The largest absolute Gasteiger partial charge is 0.348 e. The second kappa shape index (κ2) is 5.80. The Balaban J connectivity index is 1.13. The van der Waals surface area contributed by atoms with Crippen LogP contribution in [-0.4, -0.2) is 23.1 Å². The summed E-state index contributed by atoms with van der Waals surface area (Å²) < 4.78 is 0. The number of hydrogen-bond acceptors (Lipinski definition) is 2. The van der Waals surface area contributed by atoms with E-state index in [9.17, 15) is 0 Å². The lowest BCUT2D eigenvalue weighted by molar-refractivity contribution is 0.454. The average Bonchev–Trinajstić information content (AvgIpc) is 3.00. The van der Waals surface area contributed by atoms with Crippen LogP contribution in [0.5, 0.6) is 0 Å². The molecular formula is C24H25N3. The maximum atomic E-state index is 4.09. The molecule has 136 valence electrons. The number of imidazole rings is 1. The first-order valence-electron chi connectivity index (χ1n) is 10.3. The lowest BCUT2D eigenvalue weighted by atomic mass is 9.63. The number of aromatic amines is 1. The van der Waals surface area contributed by atoms with Gasteiger partial charge in [-0.2, -0.15) is 0 Å². The highest BCUT2D eigenvalue weighted by Gasteiger charge is 2.78. The summed E-state index contributed by atoms with van der Waals surface area (Å²) in [5, 5.41) is 3.77. The fraction of sp³-hybridized carbons (Fsp3) is 0.375. The number of nitrogens with zero attached hydrogens (tertiary/aromatic N) is 1. The molecule has 1 fully saturated rings. The van der Waals surface area contributed by atoms with E-state index in [1.54, 1.807) is 28.6 Å². The number of hydrogen-bond donors (Lipinski definition) is 2. The van der Waals surface area contributed by atoms with E-state index in [1.165, 1.54) is 18.5 Å². The molecule has 0 saturated heterocycles. The average molecular weight is 355 g/mol. The minimum atomic E-state index is 0.406. The van der Waals surface area contributed by atoms with Crippen LogP contribution in [0.2, 0.25) is 0 Å². The third-order valence-electron chi connectivity index (χ3n) is 7.25. The van der Waals surface area contributed by atoms with E-state index in [2.05, 4.69) is 63.8 Å². The predicted octanol–water partition coefficient (Wildman–Crippen LogP) is 4.13. The molecule has 4 atom stereocenters. The van der Waals surface area contributed by atoms with Gasteiger partial charge >= 0.3 is 0 Å². The van der Waals surface area contributed by atoms with Crippen molar-refractivity contribution >= 4 is 0 Å². The number of rotatable bonds is 7. The van der Waals surface area contributed by atoms with E-state index >= 15 is 0 Å². The number of fused-ring (bicyclic) bond motifs is 5. The molecule has 1 heterocycles. The Morgan fingerprint density at radius 2 is 1.78 bits per heavy atom. The zero-order valence-corrected chi connectivity index (χ0v) is 15.5. The van der Waals surface area contributed by atoms with Crippen molar-refractivity contribution < 1.29 is 0 Å². The Morgan fingerprint density at radius 1 is 0.963 bits per heavy atom. The topological polar surface area (TPSA) is 40.7 Å². The molecule has 1 spiro atoms. The van der Waals surface area contributed by atoms with Crippen molar-refractivity contribution in [2.24, 2.45) is 5.92 Å². The molecule has 1 aromatic heterocycles. The van der Waals surface area contributed by atoms with E-state index < -0.39 is 0 Å². The van der Waals surface area contributed by atoms with Gasteiger partial charge in [-0.15, -0.1) is 0 Å². The summed E-state index contributed by atoms with van der Waals surface area (Å²) >= 11 is 0. The maximum Gasteiger partial charge on any atom is 0.0921 e. The Bertz CT molecular complexity index is 971. The van der Waals surface area contributed by atoms with Gasteiger partial charge in [0.2, 0.25) is 0 Å². The summed E-state index contributed by atoms with van der Waals surface area (Å²) in [6, 6.07) is 18.3. The highest BCUT2D eigenvalue weighted by molar-refractivity contribution is 5.72. The van der Waals surface area contributed by atoms with E-state index in [4.69, 9.17) is 0 Å². The first kappa shape index (κ1) is 15.6. The van der Waals surface area contributed by atoms with E-state index in [0.29, 0.717) is 11.3 Å². The van der Waals surface area contributed by atoms with Crippen molar-refractivity contribution in [3.63, 3.8) is 0 Å². The number of aromatic nitrogens is 2. The summed E-state index contributed by atoms with van der Waals surface area (Å²) in [6.45, 7) is 2.26. The van der Waals surface area contributed by atoms with Gasteiger partial charge in [-0.3, -0.25) is 0 Å². The van der Waals surface area contributed by atoms with Crippen molar-refractivity contribution in [2.45, 2.75) is 36.5 Å². The molecule has 0 bridgehead atoms. The van der Waals surface area contributed by atoms with Crippen LogP contribution >= 0.6 is 0 Å². The summed E-state index contributed by atoms with van der Waals surface area (Å²) in [4.78, 5) is 7.28. The molecule has 0 aliphatic heterocycles. The van der Waals surface area contributed by atoms with E-state index in [0.717, 1.165) is 31.3 Å². The SMILES string of the molecule is c1ccc2c(c1)C1c3ccccc3C13C(CNCCCCc1cnc[nH]1)C23. The van der Waals surface area contributed by atoms with Gasteiger partial charge in [0.1, 0.15) is 0 Å². The van der Waals surface area contributed by atoms with Gasteiger partial charge in [0.15, 0.2) is 0 Å². The molecule has 6 rings (SSSR count). The van der Waals surface area contributed by atoms with E-state index in [1.807, 2.05) is 6.20 Å². The van der Waals surface area contributed by atoms with Crippen LogP contribution in [0.1, 0.15) is 52.6 Å². The number of aryl methyl sites for hydroxylation is 1. The molecule has 2 N–H and O–H groups in total. The molecule has 0 radical (unpaired) electrons. The maximum absolute atomic E-state index is 4.09. The minimum absolute atomic E-state index is 0.406. The highest BCUT2D eigenvalue weighted by Crippen LogP contribution is 2.83. The Kier molecular flexibility index (Phi) is 3.36. The lowest BCUT2D eigenvalue weighted by Gasteiger charge is -2.40. The van der Waals surface area contributed by atoms with Gasteiger partial charge in [-0.25, -0.2) is 4.98 Å². The normalized spacial score (nSPS) is 28.7. The Hall–Kier alpha value is -2.39. The van der Waals surface area contributed by atoms with Crippen LogP contribution in [0.25, 0.3) is 0 Å². The molecule has 3 aromatic rings. The first-order valence-corrected chi connectivity index (χ1v) is 10.3. The third-order valence-corrected chi connectivity index (χ3v) is 7.25. The second-order valence-electron chi connectivity index (χ2n) is 8.40. The first-order chi connectivity index (χ1) is 13.4. The van der Waals surface area contributed by atoms with Crippen LogP contribution in [-0.2, 0) is 11.8 Å². The van der Waals surface area contributed by atoms with Crippen molar-refractivity contribution in [1.29, 1.82) is 0 Å². The smallest absolute Gasteiger partial charge is 0.0921 e. The number of H-pyrrole nitrogens is 1. The van der Waals surface area contributed by atoms with Crippen LogP contribution < -0.4 is 5.32 Å². The molecule has 1 saturated carbocycles. The number of benzene rings is 2. The van der Waals surface area contributed by atoms with Crippen molar-refractivity contribution in [2.75, 3.05) is 13.1 Å². The quantitative estimate of drug-likeness (QED) is 0.626. The molecule has 3 aliphatic carbocycles. The zero-order chi connectivity index (χ0) is 17.8. The van der Waals surface area contributed by atoms with Crippen molar-refractivity contribution in [3.05, 3.63) is 89.0 Å². The molecule has 27 heavy (non-hydrogen) atoms. The standard InChI is InChI=1S/C24H25N3/c1-2-9-18-17(8-1)22-19-10-3-4-11-20(19)24(22)21(23(18)24)14-25-12-6-5-7-16-13-26-15-27-16/h1-4,8-11,13,15,21-23,25H,5-7,12,14H2,(H,26,27). The summed E-state index contributed by atoms with van der Waals surface area (Å²) in [5.41, 5.74) is 8.07. The molecule has 0 amide bonds. The molecule has 3 aliphatic rings. The number of unbranched alkanes of at least 4 members (excludes halogenated alkanes) is 1. The van der Waals surface area contributed by atoms with Gasteiger partial charge in [0.25, 0.3) is 0 Å². The fourth-order valence-electron chi connectivity index (χ4n) is 6.21. The van der Waals surface area contributed by atoms with Gasteiger partial charge < -0.3 is 10.3 Å². The third kappa shape index (κ3) is 2.03. The Morgan fingerprint density at radius 3 is 2.63 bits per heavy atom. The second-order valence-corrected chi connectivity index (χ2v) is 8.40. The molecule has 4 unspecified atom stereocenters. The lowest BCUT2D eigenvalue weighted by Crippen LogP contribution is -2.35. The van der Waals surface area contributed by atoms with Gasteiger partial charge in [0.05, 0.1) is 6.33 Å². The van der Waals surface area contributed by atoms with Crippen LogP contribution in [0, 0.1) is 5.92 Å². The molecule has 3 nitrogen and oxygen atoms in total. The van der Waals surface area contributed by atoms with Gasteiger partial charge in [0, 0.05) is 29.1 Å². The summed E-state index contributed by atoms with van der Waals surface area (Å²) in [5.74, 6) is 2.13. The van der Waals surface area contributed by atoms with Crippen LogP contribution in [0.3, 0.4) is 0 Å². The van der Waals surface area contributed by atoms with E-state index in [-0.39, 0.29) is 0 Å². The van der Waals surface area contributed by atoms with Crippen LogP contribution in [0.15, 0.2) is 61.1 Å². The van der Waals surface area contributed by atoms with Crippen molar-refractivity contribution in [1.82, 2.24) is 15.3 Å². The highest BCUT2D eigenvalue weighted by atomic mass is 14.9. The zero-order valence-electron chi connectivity index (χ0n) is 15.5.